The Balaban J connectivity index is 2.17. The Hall–Kier alpha value is -2.16. The molecule has 0 fully saturated rings. The highest BCUT2D eigenvalue weighted by Crippen LogP contribution is 2.26. The minimum Gasteiger partial charge on any atom is -0.476 e. The Labute approximate surface area is 163 Å². The second kappa shape index (κ2) is 10.9. The number of carbonyl (C=O) groups is 1. The third kappa shape index (κ3) is 6.50. The van der Waals surface area contributed by atoms with Crippen LogP contribution in [-0.4, -0.2) is 16.1 Å². The van der Waals surface area contributed by atoms with Crippen molar-refractivity contribution in [2.24, 2.45) is 5.92 Å². The molecule has 27 heavy (non-hydrogen) atoms. The fraction of sp³-hybridized carbons (Fsp3) is 0.500. The maximum absolute atomic E-state index is 11.6. The van der Waals surface area contributed by atoms with Crippen molar-refractivity contribution in [1.29, 1.82) is 0 Å². The normalized spacial score (nSPS) is 12.1. The molecule has 3 heteroatoms. The van der Waals surface area contributed by atoms with Crippen LogP contribution in [0.2, 0.25) is 0 Å². The minimum absolute atomic E-state index is 0.138. The predicted octanol–water partition coefficient (Wildman–Crippen LogP) is 6.55. The number of pyridine rings is 1. The lowest BCUT2D eigenvalue weighted by atomic mass is 9.95. The summed E-state index contributed by atoms with van der Waals surface area (Å²) in [6, 6.07) is 10.3. The summed E-state index contributed by atoms with van der Waals surface area (Å²) in [6.45, 7) is 6.68. The van der Waals surface area contributed by atoms with E-state index in [2.05, 4.69) is 37.9 Å². The Morgan fingerprint density at radius 2 is 1.74 bits per heavy atom. The van der Waals surface area contributed by atoms with Gasteiger partial charge in [0.25, 0.3) is 0 Å². The second-order valence-corrected chi connectivity index (χ2v) is 7.62. The van der Waals surface area contributed by atoms with Gasteiger partial charge in [-0.1, -0.05) is 77.1 Å². The third-order valence-corrected chi connectivity index (χ3v) is 5.26. The highest BCUT2D eigenvalue weighted by atomic mass is 16.4. The molecule has 0 saturated heterocycles. The Morgan fingerprint density at radius 1 is 1.04 bits per heavy atom. The van der Waals surface area contributed by atoms with E-state index < -0.39 is 5.97 Å². The molecule has 1 aromatic carbocycles. The number of rotatable bonds is 11. The molecule has 0 aliphatic rings. The molecule has 0 aliphatic carbocycles. The topological polar surface area (TPSA) is 50.2 Å². The van der Waals surface area contributed by atoms with Crippen molar-refractivity contribution in [2.45, 2.75) is 72.1 Å². The van der Waals surface area contributed by atoms with Crippen molar-refractivity contribution in [3.05, 3.63) is 53.3 Å². The molecule has 0 radical (unpaired) electrons. The Morgan fingerprint density at radius 3 is 2.37 bits per heavy atom. The van der Waals surface area contributed by atoms with E-state index in [4.69, 9.17) is 0 Å². The molecule has 1 N–H and O–H groups in total. The van der Waals surface area contributed by atoms with Crippen LogP contribution in [0.25, 0.3) is 11.1 Å². The van der Waals surface area contributed by atoms with E-state index in [1.54, 1.807) is 6.20 Å². The van der Waals surface area contributed by atoms with Crippen molar-refractivity contribution in [3.63, 3.8) is 0 Å². The summed E-state index contributed by atoms with van der Waals surface area (Å²) < 4.78 is 0. The molecule has 0 unspecified atom stereocenters. The number of benzene rings is 1. The zero-order valence-corrected chi connectivity index (χ0v) is 17.0. The quantitative estimate of drug-likeness (QED) is 0.458. The van der Waals surface area contributed by atoms with Crippen LogP contribution in [-0.2, 0) is 12.8 Å². The molecule has 0 bridgehead atoms. The van der Waals surface area contributed by atoms with Crippen molar-refractivity contribution < 1.29 is 9.90 Å². The first kappa shape index (κ1) is 21.1. The molecule has 146 valence electrons. The molecule has 2 rings (SSSR count). The molecular weight excluding hydrogens is 334 g/mol. The van der Waals surface area contributed by atoms with Gasteiger partial charge in [0.15, 0.2) is 5.69 Å². The van der Waals surface area contributed by atoms with Crippen LogP contribution in [0.5, 0.6) is 0 Å². The van der Waals surface area contributed by atoms with Gasteiger partial charge in [0, 0.05) is 11.8 Å². The van der Waals surface area contributed by atoms with Crippen molar-refractivity contribution >= 4 is 5.97 Å². The number of aromatic nitrogens is 1. The first-order valence-electron chi connectivity index (χ1n) is 10.4. The largest absolute Gasteiger partial charge is 0.476 e. The summed E-state index contributed by atoms with van der Waals surface area (Å²) in [5, 5.41) is 9.53. The molecule has 1 heterocycles. The van der Waals surface area contributed by atoms with Gasteiger partial charge >= 0.3 is 5.97 Å². The first-order chi connectivity index (χ1) is 13.0. The van der Waals surface area contributed by atoms with E-state index in [0.29, 0.717) is 5.92 Å². The molecule has 3 nitrogen and oxygen atoms in total. The Kier molecular flexibility index (Phi) is 8.50. The van der Waals surface area contributed by atoms with Gasteiger partial charge in [0.1, 0.15) is 0 Å². The van der Waals surface area contributed by atoms with E-state index in [1.165, 1.54) is 31.2 Å². The van der Waals surface area contributed by atoms with Crippen LogP contribution in [0.3, 0.4) is 0 Å². The van der Waals surface area contributed by atoms with Gasteiger partial charge in [-0.15, -0.1) is 0 Å². The summed E-state index contributed by atoms with van der Waals surface area (Å²) in [5.74, 6) is -0.314. The minimum atomic E-state index is -0.969. The number of carboxylic acid groups (broad SMARTS) is 1. The highest BCUT2D eigenvalue weighted by Gasteiger charge is 2.14. The number of carboxylic acids is 1. The lowest BCUT2D eigenvalue weighted by Crippen LogP contribution is -2.05. The van der Waals surface area contributed by atoms with Gasteiger partial charge in [0.05, 0.1) is 0 Å². The van der Waals surface area contributed by atoms with Gasteiger partial charge < -0.3 is 5.11 Å². The third-order valence-electron chi connectivity index (χ3n) is 5.26. The van der Waals surface area contributed by atoms with Crippen LogP contribution >= 0.6 is 0 Å². The van der Waals surface area contributed by atoms with Crippen molar-refractivity contribution in [2.75, 3.05) is 0 Å². The van der Waals surface area contributed by atoms with Gasteiger partial charge in [-0.05, 0) is 47.9 Å². The number of nitrogens with zero attached hydrogens (tertiary/aromatic N) is 1. The average Bonchev–Trinajstić information content (AvgIpc) is 2.68. The number of aromatic carboxylic acids is 1. The van der Waals surface area contributed by atoms with Gasteiger partial charge in [-0.25, -0.2) is 9.78 Å². The highest BCUT2D eigenvalue weighted by molar-refractivity contribution is 5.94. The van der Waals surface area contributed by atoms with Gasteiger partial charge in [0.2, 0.25) is 0 Å². The van der Waals surface area contributed by atoms with Crippen LogP contribution in [0, 0.1) is 5.92 Å². The standard InChI is InChI=1S/C24H33NO2/c1-4-6-7-8-9-10-20-16-22(23(24(26)27)25-17-20)21-13-11-19(12-14-21)15-18(3)5-2/h11-14,16-18H,4-10,15H2,1-3H3,(H,26,27)/t18-/m0/s1. The lowest BCUT2D eigenvalue weighted by Gasteiger charge is -2.11. The van der Waals surface area contributed by atoms with E-state index in [9.17, 15) is 9.90 Å². The summed E-state index contributed by atoms with van der Waals surface area (Å²) in [7, 11) is 0. The molecule has 0 spiro atoms. The number of unbranched alkanes of at least 4 members (excludes halogenated alkanes) is 4. The smallest absolute Gasteiger partial charge is 0.355 e. The van der Waals surface area contributed by atoms with Crippen LogP contribution in [0.4, 0.5) is 0 Å². The summed E-state index contributed by atoms with van der Waals surface area (Å²) >= 11 is 0. The molecule has 0 aliphatic heterocycles. The zero-order valence-electron chi connectivity index (χ0n) is 17.0. The summed E-state index contributed by atoms with van der Waals surface area (Å²) in [6.07, 6.45) is 11.0. The van der Waals surface area contributed by atoms with Crippen LogP contribution in [0.15, 0.2) is 36.5 Å². The van der Waals surface area contributed by atoms with E-state index in [0.717, 1.165) is 42.4 Å². The zero-order chi connectivity index (χ0) is 19.6. The lowest BCUT2D eigenvalue weighted by molar-refractivity contribution is 0.0691. The summed E-state index contributed by atoms with van der Waals surface area (Å²) in [5.41, 5.74) is 4.21. The van der Waals surface area contributed by atoms with Crippen LogP contribution < -0.4 is 0 Å². The molecular formula is C24H33NO2. The predicted molar refractivity (Wildman–Crippen MR) is 112 cm³/mol. The average molecular weight is 368 g/mol. The molecule has 0 amide bonds. The second-order valence-electron chi connectivity index (χ2n) is 7.62. The van der Waals surface area contributed by atoms with Crippen molar-refractivity contribution in [3.8, 4) is 11.1 Å². The molecule has 2 aromatic rings. The molecule has 1 atom stereocenters. The molecule has 1 aromatic heterocycles. The SMILES string of the molecule is CCCCCCCc1cnc(C(=O)O)c(-c2ccc(C[C@@H](C)CC)cc2)c1. The number of aryl methyl sites for hydroxylation is 1. The van der Waals surface area contributed by atoms with Gasteiger partial charge in [-0.3, -0.25) is 0 Å². The molecule has 0 saturated carbocycles. The van der Waals surface area contributed by atoms with Crippen molar-refractivity contribution in [1.82, 2.24) is 4.98 Å². The fourth-order valence-electron chi connectivity index (χ4n) is 3.33. The summed E-state index contributed by atoms with van der Waals surface area (Å²) in [4.78, 5) is 15.9. The van der Waals surface area contributed by atoms with E-state index >= 15 is 0 Å². The van der Waals surface area contributed by atoms with Crippen LogP contribution in [0.1, 0.15) is 80.9 Å². The maximum atomic E-state index is 11.6. The van der Waals surface area contributed by atoms with E-state index in [-0.39, 0.29) is 5.69 Å². The fourth-order valence-corrected chi connectivity index (χ4v) is 3.33. The first-order valence-corrected chi connectivity index (χ1v) is 10.4. The maximum Gasteiger partial charge on any atom is 0.355 e. The number of hydrogen-bond acceptors (Lipinski definition) is 2. The number of hydrogen-bond donors (Lipinski definition) is 1. The van der Waals surface area contributed by atoms with E-state index in [1.807, 2.05) is 18.2 Å². The Bertz CT molecular complexity index is 722. The van der Waals surface area contributed by atoms with Gasteiger partial charge in [-0.2, -0.15) is 0 Å². The monoisotopic (exact) mass is 367 g/mol.